The molecule has 0 aliphatic carbocycles. The van der Waals surface area contributed by atoms with Gasteiger partial charge in [-0.25, -0.2) is 4.98 Å². The van der Waals surface area contributed by atoms with Crippen molar-refractivity contribution in [1.82, 2.24) is 4.98 Å². The van der Waals surface area contributed by atoms with E-state index in [1.807, 2.05) is 43.3 Å². The van der Waals surface area contributed by atoms with Crippen molar-refractivity contribution in [2.45, 2.75) is 13.8 Å². The second-order valence-corrected chi connectivity index (χ2v) is 6.33. The number of benzene rings is 2. The quantitative estimate of drug-likeness (QED) is 0.533. The standard InChI is InChI=1S/C18H17N3O2S/c1-12-4-9-16-17(10-12)24-18(20-16)21(13(2)22)19-11-14-5-7-15(23-3)8-6-14/h4-11H,1-3H3/b19-11+. The van der Waals surface area contributed by atoms with Gasteiger partial charge in [0.1, 0.15) is 5.75 Å². The van der Waals surface area contributed by atoms with Crippen LogP contribution in [-0.2, 0) is 4.79 Å². The van der Waals surface area contributed by atoms with E-state index >= 15 is 0 Å². The molecule has 1 aromatic heterocycles. The molecule has 24 heavy (non-hydrogen) atoms. The van der Waals surface area contributed by atoms with Crippen LogP contribution < -0.4 is 9.75 Å². The number of carbonyl (C=O) groups is 1. The van der Waals surface area contributed by atoms with E-state index in [1.54, 1.807) is 13.3 Å². The van der Waals surface area contributed by atoms with Crippen molar-refractivity contribution in [2.24, 2.45) is 5.10 Å². The minimum atomic E-state index is -0.185. The van der Waals surface area contributed by atoms with E-state index in [4.69, 9.17) is 4.74 Å². The van der Waals surface area contributed by atoms with E-state index in [9.17, 15) is 4.79 Å². The number of amides is 1. The molecule has 1 amide bonds. The van der Waals surface area contributed by atoms with E-state index in [0.717, 1.165) is 27.1 Å². The van der Waals surface area contributed by atoms with Crippen LogP contribution in [0.2, 0.25) is 0 Å². The van der Waals surface area contributed by atoms with Gasteiger partial charge in [0.05, 0.1) is 23.5 Å². The molecular weight excluding hydrogens is 322 g/mol. The molecule has 3 aromatic rings. The minimum absolute atomic E-state index is 0.185. The topological polar surface area (TPSA) is 54.8 Å². The normalized spacial score (nSPS) is 11.1. The van der Waals surface area contributed by atoms with Crippen LogP contribution in [0.3, 0.4) is 0 Å². The van der Waals surface area contributed by atoms with Crippen molar-refractivity contribution in [3.8, 4) is 5.75 Å². The van der Waals surface area contributed by atoms with Crippen molar-refractivity contribution in [3.05, 3.63) is 53.6 Å². The summed E-state index contributed by atoms with van der Waals surface area (Å²) in [5.41, 5.74) is 2.90. The number of aryl methyl sites for hydroxylation is 1. The fraction of sp³-hybridized carbons (Fsp3) is 0.167. The van der Waals surface area contributed by atoms with Crippen LogP contribution in [0.4, 0.5) is 5.13 Å². The Morgan fingerprint density at radius 3 is 2.67 bits per heavy atom. The lowest BCUT2D eigenvalue weighted by molar-refractivity contribution is -0.116. The molecule has 6 heteroatoms. The summed E-state index contributed by atoms with van der Waals surface area (Å²) in [5.74, 6) is 0.590. The monoisotopic (exact) mass is 339 g/mol. The van der Waals surface area contributed by atoms with Gasteiger partial charge >= 0.3 is 0 Å². The highest BCUT2D eigenvalue weighted by molar-refractivity contribution is 7.22. The average molecular weight is 339 g/mol. The van der Waals surface area contributed by atoms with Crippen molar-refractivity contribution in [3.63, 3.8) is 0 Å². The molecule has 0 unspecified atom stereocenters. The van der Waals surface area contributed by atoms with Crippen LogP contribution in [0, 0.1) is 6.92 Å². The zero-order valence-corrected chi connectivity index (χ0v) is 14.5. The zero-order valence-electron chi connectivity index (χ0n) is 13.7. The summed E-state index contributed by atoms with van der Waals surface area (Å²) in [7, 11) is 1.62. The predicted octanol–water partition coefficient (Wildman–Crippen LogP) is 4.00. The molecule has 1 heterocycles. The molecule has 2 aromatic carbocycles. The summed E-state index contributed by atoms with van der Waals surface area (Å²) < 4.78 is 6.17. The number of hydrogen-bond donors (Lipinski definition) is 0. The Kier molecular flexibility index (Phi) is 4.57. The summed E-state index contributed by atoms with van der Waals surface area (Å²) in [4.78, 5) is 16.5. The number of hydrogen-bond acceptors (Lipinski definition) is 5. The van der Waals surface area contributed by atoms with E-state index in [-0.39, 0.29) is 5.91 Å². The fourth-order valence-electron chi connectivity index (χ4n) is 2.19. The summed E-state index contributed by atoms with van der Waals surface area (Å²) in [6, 6.07) is 13.5. The Balaban J connectivity index is 1.90. The molecule has 0 atom stereocenters. The van der Waals surface area contributed by atoms with Crippen LogP contribution in [0.15, 0.2) is 47.6 Å². The van der Waals surface area contributed by atoms with Crippen molar-refractivity contribution >= 4 is 38.8 Å². The third-order valence-electron chi connectivity index (χ3n) is 3.45. The van der Waals surface area contributed by atoms with Crippen molar-refractivity contribution in [2.75, 3.05) is 12.1 Å². The first-order valence-corrected chi connectivity index (χ1v) is 8.24. The second kappa shape index (κ2) is 6.80. The number of ether oxygens (including phenoxy) is 1. The molecule has 122 valence electrons. The van der Waals surface area contributed by atoms with Gasteiger partial charge in [-0.2, -0.15) is 10.1 Å². The van der Waals surface area contributed by atoms with E-state index in [1.165, 1.54) is 23.3 Å². The van der Waals surface area contributed by atoms with E-state index < -0.39 is 0 Å². The molecule has 0 fully saturated rings. The lowest BCUT2D eigenvalue weighted by Gasteiger charge is -2.10. The maximum absolute atomic E-state index is 12.0. The molecule has 0 saturated heterocycles. The number of carbonyl (C=O) groups excluding carboxylic acids is 1. The van der Waals surface area contributed by atoms with E-state index in [2.05, 4.69) is 16.2 Å². The number of thiazole rings is 1. The summed E-state index contributed by atoms with van der Waals surface area (Å²) in [6.45, 7) is 3.51. The molecule has 0 aliphatic heterocycles. The van der Waals surface area contributed by atoms with Gasteiger partial charge in [-0.15, -0.1) is 0 Å². The molecule has 3 rings (SSSR count). The van der Waals surface area contributed by atoms with Gasteiger partial charge < -0.3 is 4.74 Å². The SMILES string of the molecule is COc1ccc(/C=N/N(C(C)=O)c2nc3ccc(C)cc3s2)cc1. The Morgan fingerprint density at radius 1 is 1.25 bits per heavy atom. The Labute approximate surface area is 144 Å². The second-order valence-electron chi connectivity index (χ2n) is 5.32. The molecule has 5 nitrogen and oxygen atoms in total. The van der Waals surface area contributed by atoms with Gasteiger partial charge in [0.15, 0.2) is 0 Å². The molecule has 0 saturated carbocycles. The number of aromatic nitrogens is 1. The molecule has 0 radical (unpaired) electrons. The van der Waals surface area contributed by atoms with Gasteiger partial charge in [-0.05, 0) is 54.4 Å². The smallest absolute Gasteiger partial charge is 0.246 e. The predicted molar refractivity (Wildman–Crippen MR) is 98.1 cm³/mol. The van der Waals surface area contributed by atoms with Crippen LogP contribution in [0.5, 0.6) is 5.75 Å². The lowest BCUT2D eigenvalue weighted by Crippen LogP contribution is -2.22. The summed E-state index contributed by atoms with van der Waals surface area (Å²) in [5, 5.41) is 6.19. The maximum atomic E-state index is 12.0. The van der Waals surface area contributed by atoms with Gasteiger partial charge in [-0.1, -0.05) is 17.4 Å². The number of rotatable bonds is 4. The van der Waals surface area contributed by atoms with Gasteiger partial charge in [-0.3, -0.25) is 4.79 Å². The number of anilines is 1. The summed E-state index contributed by atoms with van der Waals surface area (Å²) >= 11 is 1.45. The van der Waals surface area contributed by atoms with Crippen LogP contribution >= 0.6 is 11.3 Å². The zero-order chi connectivity index (χ0) is 17.1. The van der Waals surface area contributed by atoms with E-state index in [0.29, 0.717) is 5.13 Å². The van der Waals surface area contributed by atoms with Gasteiger partial charge in [0.25, 0.3) is 0 Å². The molecule has 0 N–H and O–H groups in total. The van der Waals surface area contributed by atoms with Crippen LogP contribution in [-0.4, -0.2) is 24.2 Å². The minimum Gasteiger partial charge on any atom is -0.497 e. The third kappa shape index (κ3) is 3.44. The Hall–Kier alpha value is -2.73. The van der Waals surface area contributed by atoms with Crippen LogP contribution in [0.25, 0.3) is 10.2 Å². The fourth-order valence-corrected chi connectivity index (χ4v) is 3.26. The Morgan fingerprint density at radius 2 is 2.00 bits per heavy atom. The molecule has 0 aliphatic rings. The van der Waals surface area contributed by atoms with Crippen LogP contribution in [0.1, 0.15) is 18.1 Å². The first-order valence-electron chi connectivity index (χ1n) is 7.43. The van der Waals surface area contributed by atoms with Crippen molar-refractivity contribution in [1.29, 1.82) is 0 Å². The lowest BCUT2D eigenvalue weighted by atomic mass is 10.2. The maximum Gasteiger partial charge on any atom is 0.246 e. The average Bonchev–Trinajstić information content (AvgIpc) is 2.98. The molecule has 0 spiro atoms. The largest absolute Gasteiger partial charge is 0.497 e. The first kappa shape index (κ1) is 16.1. The number of hydrazone groups is 1. The number of nitrogens with zero attached hydrogens (tertiary/aromatic N) is 3. The highest BCUT2D eigenvalue weighted by atomic mass is 32.1. The summed E-state index contributed by atoms with van der Waals surface area (Å²) in [6.07, 6.45) is 1.64. The first-order chi connectivity index (χ1) is 11.6. The van der Waals surface area contributed by atoms with Gasteiger partial charge in [0.2, 0.25) is 11.0 Å². The molecular formula is C18H17N3O2S. The number of methoxy groups -OCH3 is 1. The molecule has 0 bridgehead atoms. The third-order valence-corrected chi connectivity index (χ3v) is 4.44. The number of fused-ring (bicyclic) bond motifs is 1. The highest BCUT2D eigenvalue weighted by Gasteiger charge is 2.15. The van der Waals surface area contributed by atoms with Gasteiger partial charge in [0, 0.05) is 6.92 Å². The highest BCUT2D eigenvalue weighted by Crippen LogP contribution is 2.29. The Bertz CT molecular complexity index is 900. The van der Waals surface area contributed by atoms with Crippen molar-refractivity contribution < 1.29 is 9.53 Å².